The molecule has 0 aliphatic heterocycles. The zero-order chi connectivity index (χ0) is 28.9. The number of carbonyl (C=O) groups is 2. The van der Waals surface area contributed by atoms with Gasteiger partial charge in [0.25, 0.3) is 0 Å². The number of unbranched alkanes of at least 4 members (excludes halogenated alkanes) is 1. The Morgan fingerprint density at radius 1 is 1.02 bits per heavy atom. The largest absolute Gasteiger partial charge is 0.515 e. The minimum Gasteiger partial charge on any atom is -0.496 e. The number of fused-ring (bicyclic) bond motifs is 2. The van der Waals surface area contributed by atoms with Gasteiger partial charge in [-0.2, -0.15) is 8.75 Å². The van der Waals surface area contributed by atoms with Crippen LogP contribution in [0.1, 0.15) is 32.3 Å². The second-order valence-corrected chi connectivity index (χ2v) is 9.91. The van der Waals surface area contributed by atoms with Crippen molar-refractivity contribution in [2.75, 3.05) is 25.2 Å². The van der Waals surface area contributed by atoms with Gasteiger partial charge in [-0.05, 0) is 55.3 Å². The Morgan fingerprint density at radius 3 is 2.59 bits per heavy atom. The van der Waals surface area contributed by atoms with E-state index in [4.69, 9.17) is 19.9 Å². The molecule has 0 saturated carbocycles. The molecule has 10 nitrogen and oxygen atoms in total. The van der Waals surface area contributed by atoms with Gasteiger partial charge < -0.3 is 24.5 Å². The normalized spacial score (nSPS) is 11.1. The number of para-hydroxylation sites is 1. The van der Waals surface area contributed by atoms with Crippen molar-refractivity contribution in [2.45, 2.75) is 33.2 Å². The van der Waals surface area contributed by atoms with Crippen LogP contribution in [-0.4, -0.2) is 45.8 Å². The molecule has 0 spiro atoms. The van der Waals surface area contributed by atoms with E-state index < -0.39 is 12.2 Å². The molecule has 2 amide bonds. The number of amides is 2. The number of primary amides is 1. The molecule has 11 heteroatoms. The molecule has 5 aromatic rings. The van der Waals surface area contributed by atoms with Crippen LogP contribution in [0.15, 0.2) is 60.7 Å². The van der Waals surface area contributed by atoms with E-state index in [-0.39, 0.29) is 12.5 Å². The molecule has 212 valence electrons. The van der Waals surface area contributed by atoms with Gasteiger partial charge in [-0.1, -0.05) is 37.6 Å². The van der Waals surface area contributed by atoms with Crippen molar-refractivity contribution in [3.63, 3.8) is 0 Å². The SMILES string of the molecule is CCCCN(C(N)=O)c1ccc2c(c1)c(-c1ccccc1OC)c(OC(=O)OCC)n2Cc1ccc2nsnc2c1. The third kappa shape index (κ3) is 5.66. The van der Waals surface area contributed by atoms with Crippen LogP contribution in [0.5, 0.6) is 11.6 Å². The summed E-state index contributed by atoms with van der Waals surface area (Å²) in [5.41, 5.74) is 11.1. The average molecular weight is 574 g/mol. The highest BCUT2D eigenvalue weighted by Gasteiger charge is 2.26. The Kier molecular flexibility index (Phi) is 8.34. The predicted molar refractivity (Wildman–Crippen MR) is 160 cm³/mol. The van der Waals surface area contributed by atoms with Crippen molar-refractivity contribution in [3.8, 4) is 22.8 Å². The lowest BCUT2D eigenvalue weighted by molar-refractivity contribution is 0.101. The maximum Gasteiger partial charge on any atom is 0.515 e. The molecule has 2 aromatic heterocycles. The van der Waals surface area contributed by atoms with Crippen LogP contribution >= 0.6 is 11.7 Å². The number of nitrogens with zero attached hydrogens (tertiary/aromatic N) is 4. The molecule has 0 unspecified atom stereocenters. The Bertz CT molecular complexity index is 1710. The number of methoxy groups -OCH3 is 1. The van der Waals surface area contributed by atoms with Crippen LogP contribution < -0.4 is 20.1 Å². The first-order valence-corrected chi connectivity index (χ1v) is 14.1. The minimum absolute atomic E-state index is 0.158. The van der Waals surface area contributed by atoms with Gasteiger partial charge in [0.1, 0.15) is 16.8 Å². The third-order valence-electron chi connectivity index (χ3n) is 6.79. The Morgan fingerprint density at radius 2 is 1.83 bits per heavy atom. The van der Waals surface area contributed by atoms with E-state index in [0.717, 1.165) is 52.1 Å². The predicted octanol–water partition coefficient (Wildman–Crippen LogP) is 6.59. The molecule has 0 aliphatic rings. The molecular formula is C30H31N5O5S. The molecule has 2 N–H and O–H groups in total. The summed E-state index contributed by atoms with van der Waals surface area (Å²) in [6, 6.07) is 18.5. The van der Waals surface area contributed by atoms with Crippen molar-refractivity contribution in [3.05, 3.63) is 66.2 Å². The van der Waals surface area contributed by atoms with E-state index in [1.165, 1.54) is 0 Å². The third-order valence-corrected chi connectivity index (χ3v) is 7.35. The van der Waals surface area contributed by atoms with E-state index in [2.05, 4.69) is 15.7 Å². The van der Waals surface area contributed by atoms with E-state index in [1.54, 1.807) is 18.9 Å². The minimum atomic E-state index is -0.825. The van der Waals surface area contributed by atoms with Crippen LogP contribution in [0.4, 0.5) is 15.3 Å². The number of benzene rings is 3. The standard InChI is InChI=1S/C30H31N5O5S/c1-4-6-15-34(29(31)36)20-12-14-25-22(17-20)27(21-9-7-8-10-26(21)38-3)28(40-30(37)39-5-2)35(25)18-19-11-13-23-24(16-19)33-41-32-23/h7-14,16-17H,4-6,15,18H2,1-3H3,(H2,31,36). The highest BCUT2D eigenvalue weighted by atomic mass is 32.1. The molecular weight excluding hydrogens is 542 g/mol. The Balaban J connectivity index is 1.78. The highest BCUT2D eigenvalue weighted by Crippen LogP contribution is 2.45. The summed E-state index contributed by atoms with van der Waals surface area (Å²) in [6.45, 7) is 4.78. The van der Waals surface area contributed by atoms with Crippen molar-refractivity contribution < 1.29 is 23.8 Å². The van der Waals surface area contributed by atoms with Gasteiger partial charge in [0.05, 0.1) is 43.1 Å². The lowest BCUT2D eigenvalue weighted by atomic mass is 10.0. The summed E-state index contributed by atoms with van der Waals surface area (Å²) in [5, 5.41) is 0.755. The molecule has 2 heterocycles. The van der Waals surface area contributed by atoms with Gasteiger partial charge in [-0.15, -0.1) is 0 Å². The topological polar surface area (TPSA) is 122 Å². The molecule has 0 radical (unpaired) electrons. The molecule has 3 aromatic carbocycles. The molecule has 0 bridgehead atoms. The highest BCUT2D eigenvalue weighted by molar-refractivity contribution is 7.00. The quantitative estimate of drug-likeness (QED) is 0.187. The number of aromatic nitrogens is 3. The number of hydrogen-bond donors (Lipinski definition) is 1. The fourth-order valence-electron chi connectivity index (χ4n) is 4.88. The fraction of sp³-hybridized carbons (Fsp3) is 0.267. The second kappa shape index (κ2) is 12.3. The maximum absolute atomic E-state index is 12.8. The monoisotopic (exact) mass is 573 g/mol. The second-order valence-electron chi connectivity index (χ2n) is 9.38. The Labute approximate surface area is 241 Å². The molecule has 0 saturated heterocycles. The summed E-state index contributed by atoms with van der Waals surface area (Å²) >= 11 is 1.16. The van der Waals surface area contributed by atoms with E-state index in [1.807, 2.05) is 65.2 Å². The van der Waals surface area contributed by atoms with Crippen LogP contribution in [-0.2, 0) is 11.3 Å². The van der Waals surface area contributed by atoms with E-state index >= 15 is 0 Å². The summed E-state index contributed by atoms with van der Waals surface area (Å²) < 4.78 is 27.4. The van der Waals surface area contributed by atoms with Gasteiger partial charge in [-0.3, -0.25) is 4.90 Å². The summed E-state index contributed by atoms with van der Waals surface area (Å²) in [7, 11) is 1.59. The number of anilines is 1. The number of ether oxygens (including phenoxy) is 3. The number of nitrogens with two attached hydrogens (primary N) is 1. The van der Waals surface area contributed by atoms with Gasteiger partial charge >= 0.3 is 12.2 Å². The van der Waals surface area contributed by atoms with E-state index in [0.29, 0.717) is 35.7 Å². The van der Waals surface area contributed by atoms with Crippen molar-refractivity contribution in [1.29, 1.82) is 0 Å². The first-order chi connectivity index (χ1) is 19.9. The van der Waals surface area contributed by atoms with Crippen LogP contribution in [0.2, 0.25) is 0 Å². The lowest BCUT2D eigenvalue weighted by Crippen LogP contribution is -2.36. The summed E-state index contributed by atoms with van der Waals surface area (Å²) in [6.07, 6.45) is 0.881. The van der Waals surface area contributed by atoms with Gasteiger partial charge in [0.2, 0.25) is 5.88 Å². The average Bonchev–Trinajstić information content (AvgIpc) is 3.55. The molecule has 0 atom stereocenters. The molecule has 41 heavy (non-hydrogen) atoms. The molecule has 0 aliphatic carbocycles. The Hall–Kier alpha value is -4.64. The van der Waals surface area contributed by atoms with Crippen molar-refractivity contribution >= 4 is 51.5 Å². The number of rotatable bonds is 10. The van der Waals surface area contributed by atoms with Gasteiger partial charge in [0.15, 0.2) is 0 Å². The maximum atomic E-state index is 12.8. The number of urea groups is 1. The van der Waals surface area contributed by atoms with Gasteiger partial charge in [-0.25, -0.2) is 9.59 Å². The summed E-state index contributed by atoms with van der Waals surface area (Å²) in [5.74, 6) is 0.883. The van der Waals surface area contributed by atoms with Crippen LogP contribution in [0.3, 0.4) is 0 Å². The van der Waals surface area contributed by atoms with Crippen molar-refractivity contribution in [1.82, 2.24) is 13.3 Å². The van der Waals surface area contributed by atoms with Gasteiger partial charge in [0, 0.05) is 23.2 Å². The fourth-order valence-corrected chi connectivity index (χ4v) is 5.40. The number of hydrogen-bond acceptors (Lipinski definition) is 8. The molecule has 0 fully saturated rings. The lowest BCUT2D eigenvalue weighted by Gasteiger charge is -2.20. The number of carbonyl (C=O) groups excluding carboxylic acids is 2. The van der Waals surface area contributed by atoms with Crippen LogP contribution in [0, 0.1) is 0 Å². The van der Waals surface area contributed by atoms with Crippen LogP contribution in [0.25, 0.3) is 33.1 Å². The molecule has 5 rings (SSSR count). The zero-order valence-electron chi connectivity index (χ0n) is 23.1. The smallest absolute Gasteiger partial charge is 0.496 e. The summed E-state index contributed by atoms with van der Waals surface area (Å²) in [4.78, 5) is 26.8. The van der Waals surface area contributed by atoms with Crippen molar-refractivity contribution in [2.24, 2.45) is 5.73 Å². The zero-order valence-corrected chi connectivity index (χ0v) is 23.9. The first kappa shape index (κ1) is 27.9. The van der Waals surface area contributed by atoms with E-state index in [9.17, 15) is 9.59 Å². The first-order valence-electron chi connectivity index (χ1n) is 13.4.